The maximum absolute atomic E-state index is 12.3. The number of aryl methyl sites for hydroxylation is 1. The van der Waals surface area contributed by atoms with Crippen molar-refractivity contribution in [3.63, 3.8) is 0 Å². The molecule has 1 unspecified atom stereocenters. The van der Waals surface area contributed by atoms with Crippen molar-refractivity contribution in [1.82, 2.24) is 5.32 Å². The molecule has 0 saturated heterocycles. The Morgan fingerprint density at radius 1 is 1.18 bits per heavy atom. The van der Waals surface area contributed by atoms with E-state index >= 15 is 0 Å². The number of aliphatic carboxylic acids is 1. The number of benzene rings is 1. The minimum Gasteiger partial charge on any atom is -0.481 e. The Balaban J connectivity index is 1.56. The molecule has 2 aliphatic carbocycles. The zero-order chi connectivity index (χ0) is 15.5. The summed E-state index contributed by atoms with van der Waals surface area (Å²) in [5, 5.41) is 12.1. The Bertz CT molecular complexity index is 569. The van der Waals surface area contributed by atoms with Crippen LogP contribution in [0.3, 0.4) is 0 Å². The first-order valence-electron chi connectivity index (χ1n) is 8.23. The van der Waals surface area contributed by atoms with Gasteiger partial charge in [-0.3, -0.25) is 9.59 Å². The normalized spacial score (nSPS) is 27.2. The highest BCUT2D eigenvalue weighted by Gasteiger charge is 2.31. The van der Waals surface area contributed by atoms with E-state index in [1.54, 1.807) is 0 Å². The average Bonchev–Trinajstić information content (AvgIpc) is 2.96. The van der Waals surface area contributed by atoms with E-state index in [2.05, 4.69) is 23.5 Å². The van der Waals surface area contributed by atoms with Gasteiger partial charge in [-0.1, -0.05) is 24.3 Å². The summed E-state index contributed by atoms with van der Waals surface area (Å²) in [6, 6.07) is 8.44. The van der Waals surface area contributed by atoms with E-state index in [-0.39, 0.29) is 17.9 Å². The zero-order valence-electron chi connectivity index (χ0n) is 12.8. The summed E-state index contributed by atoms with van der Waals surface area (Å²) in [5.41, 5.74) is 2.69. The molecule has 1 amide bonds. The number of rotatable bonds is 4. The smallest absolute Gasteiger partial charge is 0.306 e. The molecular formula is C18H23NO3. The van der Waals surface area contributed by atoms with Gasteiger partial charge in [0.15, 0.2) is 0 Å². The first-order chi connectivity index (χ1) is 10.6. The number of hydrogen-bond donors (Lipinski definition) is 2. The number of carbonyl (C=O) groups is 2. The van der Waals surface area contributed by atoms with Crippen LogP contribution in [-0.2, 0) is 16.0 Å². The summed E-state index contributed by atoms with van der Waals surface area (Å²) < 4.78 is 0. The summed E-state index contributed by atoms with van der Waals surface area (Å²) in [6.07, 6.45) is 5.85. The summed E-state index contributed by atoms with van der Waals surface area (Å²) in [7, 11) is 0. The number of carbonyl (C=O) groups excluding carboxylic acids is 1. The molecule has 0 radical (unpaired) electrons. The van der Waals surface area contributed by atoms with Crippen LogP contribution in [0, 0.1) is 5.92 Å². The Labute approximate surface area is 130 Å². The second kappa shape index (κ2) is 6.51. The number of fused-ring (bicyclic) bond motifs is 1. The van der Waals surface area contributed by atoms with Gasteiger partial charge in [0.1, 0.15) is 0 Å². The predicted molar refractivity (Wildman–Crippen MR) is 83.6 cm³/mol. The minimum atomic E-state index is -0.738. The van der Waals surface area contributed by atoms with E-state index in [1.807, 2.05) is 6.07 Å². The van der Waals surface area contributed by atoms with Gasteiger partial charge in [0, 0.05) is 12.5 Å². The molecule has 118 valence electrons. The number of nitrogens with one attached hydrogen (secondary N) is 1. The van der Waals surface area contributed by atoms with E-state index in [1.165, 1.54) is 11.1 Å². The average molecular weight is 301 g/mol. The van der Waals surface area contributed by atoms with Gasteiger partial charge in [0.2, 0.25) is 5.91 Å². The molecule has 3 rings (SSSR count). The molecule has 0 bridgehead atoms. The van der Waals surface area contributed by atoms with Gasteiger partial charge in [0.05, 0.1) is 5.92 Å². The van der Waals surface area contributed by atoms with Crippen molar-refractivity contribution >= 4 is 11.9 Å². The van der Waals surface area contributed by atoms with Crippen molar-refractivity contribution in [2.45, 2.75) is 56.9 Å². The largest absolute Gasteiger partial charge is 0.481 e. The molecule has 0 heterocycles. The minimum absolute atomic E-state index is 0.0347. The van der Waals surface area contributed by atoms with Crippen LogP contribution in [0.1, 0.15) is 55.6 Å². The van der Waals surface area contributed by atoms with Crippen molar-refractivity contribution in [3.8, 4) is 0 Å². The lowest BCUT2D eigenvalue weighted by molar-refractivity contribution is -0.141. The van der Waals surface area contributed by atoms with Gasteiger partial charge >= 0.3 is 5.97 Å². The van der Waals surface area contributed by atoms with Crippen LogP contribution in [0.4, 0.5) is 0 Å². The second-order valence-electron chi connectivity index (χ2n) is 6.60. The molecule has 22 heavy (non-hydrogen) atoms. The molecule has 4 nitrogen and oxygen atoms in total. The van der Waals surface area contributed by atoms with Crippen molar-refractivity contribution in [2.24, 2.45) is 5.92 Å². The number of amides is 1. The van der Waals surface area contributed by atoms with Gasteiger partial charge in [0.25, 0.3) is 0 Å². The first kappa shape index (κ1) is 15.1. The summed E-state index contributed by atoms with van der Waals surface area (Å²) >= 11 is 0. The predicted octanol–water partition coefficient (Wildman–Crippen LogP) is 2.87. The van der Waals surface area contributed by atoms with Crippen LogP contribution in [0.15, 0.2) is 24.3 Å². The highest BCUT2D eigenvalue weighted by Crippen LogP contribution is 2.34. The topological polar surface area (TPSA) is 66.4 Å². The fourth-order valence-corrected chi connectivity index (χ4v) is 3.91. The molecule has 0 aliphatic heterocycles. The van der Waals surface area contributed by atoms with Crippen LogP contribution < -0.4 is 5.32 Å². The fourth-order valence-electron chi connectivity index (χ4n) is 3.91. The molecule has 0 spiro atoms. The molecule has 1 aromatic rings. The van der Waals surface area contributed by atoms with E-state index < -0.39 is 5.97 Å². The summed E-state index contributed by atoms with van der Waals surface area (Å²) in [5.74, 6) is -0.655. The van der Waals surface area contributed by atoms with Crippen LogP contribution in [0.2, 0.25) is 0 Å². The summed E-state index contributed by atoms with van der Waals surface area (Å²) in [4.78, 5) is 23.3. The third-order valence-corrected chi connectivity index (χ3v) is 5.07. The molecule has 0 aromatic heterocycles. The van der Waals surface area contributed by atoms with Crippen molar-refractivity contribution < 1.29 is 14.7 Å². The first-order valence-corrected chi connectivity index (χ1v) is 8.23. The fraction of sp³-hybridized carbons (Fsp3) is 0.556. The number of hydrogen-bond acceptors (Lipinski definition) is 2. The van der Waals surface area contributed by atoms with Gasteiger partial charge < -0.3 is 10.4 Å². The van der Waals surface area contributed by atoms with E-state index in [0.717, 1.165) is 25.7 Å². The zero-order valence-corrected chi connectivity index (χ0v) is 12.8. The Morgan fingerprint density at radius 3 is 2.77 bits per heavy atom. The van der Waals surface area contributed by atoms with E-state index in [0.29, 0.717) is 25.2 Å². The van der Waals surface area contributed by atoms with Gasteiger partial charge in [-0.2, -0.15) is 0 Å². The lowest BCUT2D eigenvalue weighted by Crippen LogP contribution is -2.34. The van der Waals surface area contributed by atoms with Crippen molar-refractivity contribution in [3.05, 3.63) is 35.4 Å². The lowest BCUT2D eigenvalue weighted by atomic mass is 9.81. The molecule has 1 fully saturated rings. The van der Waals surface area contributed by atoms with Crippen LogP contribution in [0.5, 0.6) is 0 Å². The van der Waals surface area contributed by atoms with Crippen LogP contribution >= 0.6 is 0 Å². The third kappa shape index (κ3) is 3.32. The monoisotopic (exact) mass is 301 g/mol. The molecule has 1 aromatic carbocycles. The Morgan fingerprint density at radius 2 is 2.00 bits per heavy atom. The van der Waals surface area contributed by atoms with Crippen molar-refractivity contribution in [2.75, 3.05) is 0 Å². The van der Waals surface area contributed by atoms with Crippen LogP contribution in [0.25, 0.3) is 0 Å². The lowest BCUT2D eigenvalue weighted by Gasteiger charge is -2.25. The maximum Gasteiger partial charge on any atom is 0.306 e. The highest BCUT2D eigenvalue weighted by molar-refractivity contribution is 5.78. The highest BCUT2D eigenvalue weighted by atomic mass is 16.4. The summed E-state index contributed by atoms with van der Waals surface area (Å²) in [6.45, 7) is 0. The van der Waals surface area contributed by atoms with Gasteiger partial charge in [-0.25, -0.2) is 0 Å². The standard InChI is InChI=1S/C18H23NO3/c20-17(19-15-9-8-14(10-15)18(21)22)11-13-6-3-5-12-4-1-2-7-16(12)13/h1-2,4,7,13-15H,3,5-6,8-11H2,(H,19,20)(H,21,22)/t13?,14-,15+/m0/s1. The van der Waals surface area contributed by atoms with E-state index in [4.69, 9.17) is 5.11 Å². The Hall–Kier alpha value is -1.84. The molecule has 2 N–H and O–H groups in total. The van der Waals surface area contributed by atoms with E-state index in [9.17, 15) is 9.59 Å². The molecular weight excluding hydrogens is 278 g/mol. The SMILES string of the molecule is O=C(CC1CCCc2ccccc21)N[C@@H]1CC[C@H](C(=O)O)C1. The number of carboxylic acid groups (broad SMARTS) is 1. The molecule has 3 atom stereocenters. The maximum atomic E-state index is 12.3. The van der Waals surface area contributed by atoms with Crippen molar-refractivity contribution in [1.29, 1.82) is 0 Å². The van der Waals surface area contributed by atoms with Gasteiger partial charge in [-0.15, -0.1) is 0 Å². The molecule has 1 saturated carbocycles. The number of carboxylic acids is 1. The quantitative estimate of drug-likeness (QED) is 0.898. The Kier molecular flexibility index (Phi) is 4.46. The van der Waals surface area contributed by atoms with Crippen LogP contribution in [-0.4, -0.2) is 23.0 Å². The molecule has 2 aliphatic rings. The molecule has 4 heteroatoms. The third-order valence-electron chi connectivity index (χ3n) is 5.07. The second-order valence-corrected chi connectivity index (χ2v) is 6.60. The van der Waals surface area contributed by atoms with Gasteiger partial charge in [-0.05, 0) is 55.6 Å².